The lowest BCUT2D eigenvalue weighted by molar-refractivity contribution is -0.131. The SMILES string of the molecule is CNCC(=O)C1CCC(O)(C2=CCC(C)C2)C(C)(C)C1. The molecule has 1 saturated carbocycles. The zero-order valence-corrected chi connectivity index (χ0v) is 13.3. The fourth-order valence-electron chi connectivity index (χ4n) is 4.02. The Bertz CT molecular complexity index is 413. The summed E-state index contributed by atoms with van der Waals surface area (Å²) in [6.07, 6.45) is 6.65. The summed E-state index contributed by atoms with van der Waals surface area (Å²) in [5.41, 5.74) is 0.276. The van der Waals surface area contributed by atoms with Crippen molar-refractivity contribution >= 4 is 5.78 Å². The molecule has 2 rings (SSSR count). The Balaban J connectivity index is 2.13. The number of allylic oxidation sites excluding steroid dienone is 1. The molecule has 114 valence electrons. The molecule has 20 heavy (non-hydrogen) atoms. The third-order valence-corrected chi connectivity index (χ3v) is 5.40. The number of hydrogen-bond acceptors (Lipinski definition) is 3. The van der Waals surface area contributed by atoms with Gasteiger partial charge in [0.05, 0.1) is 12.1 Å². The van der Waals surface area contributed by atoms with Crippen LogP contribution >= 0.6 is 0 Å². The van der Waals surface area contributed by atoms with Crippen LogP contribution < -0.4 is 5.32 Å². The largest absolute Gasteiger partial charge is 0.385 e. The number of carbonyl (C=O) groups excluding carboxylic acids is 1. The van der Waals surface area contributed by atoms with E-state index in [0.29, 0.717) is 12.5 Å². The van der Waals surface area contributed by atoms with Crippen LogP contribution in [0.4, 0.5) is 0 Å². The topological polar surface area (TPSA) is 49.3 Å². The summed E-state index contributed by atoms with van der Waals surface area (Å²) in [6.45, 7) is 6.92. The van der Waals surface area contributed by atoms with Gasteiger partial charge in [0.1, 0.15) is 5.78 Å². The van der Waals surface area contributed by atoms with E-state index in [1.54, 1.807) is 0 Å². The zero-order chi connectivity index (χ0) is 15.0. The van der Waals surface area contributed by atoms with Gasteiger partial charge in [-0.15, -0.1) is 0 Å². The number of likely N-dealkylation sites (N-methyl/N-ethyl adjacent to an activating group) is 1. The highest BCUT2D eigenvalue weighted by molar-refractivity contribution is 5.83. The number of carbonyl (C=O) groups is 1. The van der Waals surface area contributed by atoms with Gasteiger partial charge in [0.25, 0.3) is 0 Å². The van der Waals surface area contributed by atoms with Gasteiger partial charge in [-0.3, -0.25) is 4.79 Å². The summed E-state index contributed by atoms with van der Waals surface area (Å²) in [5.74, 6) is 1.03. The number of aliphatic hydroxyl groups is 1. The van der Waals surface area contributed by atoms with E-state index in [-0.39, 0.29) is 17.1 Å². The highest BCUT2D eigenvalue weighted by atomic mass is 16.3. The van der Waals surface area contributed by atoms with Crippen molar-refractivity contribution in [1.82, 2.24) is 5.32 Å². The monoisotopic (exact) mass is 279 g/mol. The summed E-state index contributed by atoms with van der Waals surface area (Å²) in [7, 11) is 1.81. The normalized spacial score (nSPS) is 36.8. The average molecular weight is 279 g/mol. The smallest absolute Gasteiger partial charge is 0.149 e. The number of hydrogen-bond donors (Lipinski definition) is 2. The van der Waals surface area contributed by atoms with Gasteiger partial charge in [-0.05, 0) is 56.1 Å². The standard InChI is InChI=1S/C17H29NO2/c1-12-5-6-14(9-12)17(20)8-7-13(10-16(17,2)3)15(19)11-18-4/h6,12-13,18,20H,5,7-11H2,1-4H3. The van der Waals surface area contributed by atoms with Crippen molar-refractivity contribution in [2.24, 2.45) is 17.3 Å². The number of rotatable bonds is 4. The highest BCUT2D eigenvalue weighted by Gasteiger charge is 2.51. The second-order valence-electron chi connectivity index (χ2n) is 7.45. The van der Waals surface area contributed by atoms with Gasteiger partial charge < -0.3 is 10.4 Å². The van der Waals surface area contributed by atoms with Crippen LogP contribution in [-0.2, 0) is 4.79 Å². The van der Waals surface area contributed by atoms with Gasteiger partial charge in [-0.25, -0.2) is 0 Å². The van der Waals surface area contributed by atoms with Crippen molar-refractivity contribution in [2.75, 3.05) is 13.6 Å². The lowest BCUT2D eigenvalue weighted by atomic mass is 9.58. The van der Waals surface area contributed by atoms with Crippen LogP contribution in [0.5, 0.6) is 0 Å². The fourth-order valence-corrected chi connectivity index (χ4v) is 4.02. The molecule has 3 nitrogen and oxygen atoms in total. The van der Waals surface area contributed by atoms with E-state index >= 15 is 0 Å². The second kappa shape index (κ2) is 5.61. The number of ketones is 1. The van der Waals surface area contributed by atoms with Gasteiger partial charge in [0.15, 0.2) is 0 Å². The molecule has 0 aromatic rings. The lowest BCUT2D eigenvalue weighted by Crippen LogP contribution is -2.52. The van der Waals surface area contributed by atoms with Crippen LogP contribution in [0.25, 0.3) is 0 Å². The molecule has 2 N–H and O–H groups in total. The molecule has 0 aromatic heterocycles. The Hall–Kier alpha value is -0.670. The lowest BCUT2D eigenvalue weighted by Gasteiger charge is -2.50. The minimum absolute atomic E-state index is 0.0946. The predicted molar refractivity (Wildman–Crippen MR) is 81.5 cm³/mol. The third-order valence-electron chi connectivity index (χ3n) is 5.40. The first-order valence-electron chi connectivity index (χ1n) is 7.89. The summed E-state index contributed by atoms with van der Waals surface area (Å²) in [5, 5.41) is 14.2. The molecule has 2 aliphatic carbocycles. The fraction of sp³-hybridized carbons (Fsp3) is 0.824. The number of Topliss-reactive ketones (excluding diaryl/α,β-unsaturated/α-hetero) is 1. The zero-order valence-electron chi connectivity index (χ0n) is 13.3. The quantitative estimate of drug-likeness (QED) is 0.778. The van der Waals surface area contributed by atoms with Crippen LogP contribution in [0, 0.1) is 17.3 Å². The third kappa shape index (κ3) is 2.71. The average Bonchev–Trinajstić information content (AvgIpc) is 2.80. The van der Waals surface area contributed by atoms with Crippen molar-refractivity contribution in [2.45, 2.75) is 58.5 Å². The van der Waals surface area contributed by atoms with Crippen LogP contribution in [0.3, 0.4) is 0 Å². The molecule has 3 heteroatoms. The van der Waals surface area contributed by atoms with Gasteiger partial charge >= 0.3 is 0 Å². The van der Waals surface area contributed by atoms with Gasteiger partial charge in [0, 0.05) is 5.92 Å². The Morgan fingerprint density at radius 2 is 2.20 bits per heavy atom. The predicted octanol–water partition coefficient (Wildman–Crippen LogP) is 2.69. The van der Waals surface area contributed by atoms with Crippen molar-refractivity contribution < 1.29 is 9.90 Å². The molecule has 3 atom stereocenters. The maximum absolute atomic E-state index is 12.1. The molecule has 0 radical (unpaired) electrons. The van der Waals surface area contributed by atoms with E-state index in [1.165, 1.54) is 5.57 Å². The first kappa shape index (κ1) is 15.7. The van der Waals surface area contributed by atoms with Crippen molar-refractivity contribution in [3.63, 3.8) is 0 Å². The van der Waals surface area contributed by atoms with Crippen LogP contribution in [0.2, 0.25) is 0 Å². The Morgan fingerprint density at radius 1 is 1.50 bits per heavy atom. The highest BCUT2D eigenvalue weighted by Crippen LogP contribution is 2.52. The first-order chi connectivity index (χ1) is 9.30. The van der Waals surface area contributed by atoms with E-state index in [2.05, 4.69) is 32.2 Å². The molecule has 1 fully saturated rings. The summed E-state index contributed by atoms with van der Waals surface area (Å²) < 4.78 is 0. The molecular formula is C17H29NO2. The Kier molecular flexibility index (Phi) is 4.41. The van der Waals surface area contributed by atoms with E-state index in [1.807, 2.05) is 7.05 Å². The van der Waals surface area contributed by atoms with Gasteiger partial charge in [-0.2, -0.15) is 0 Å². The number of nitrogens with one attached hydrogen (secondary N) is 1. The van der Waals surface area contributed by atoms with Gasteiger partial charge in [-0.1, -0.05) is 26.8 Å². The Morgan fingerprint density at radius 3 is 2.70 bits per heavy atom. The van der Waals surface area contributed by atoms with Crippen molar-refractivity contribution in [1.29, 1.82) is 0 Å². The maximum atomic E-state index is 12.1. The van der Waals surface area contributed by atoms with Crippen LogP contribution in [-0.4, -0.2) is 30.1 Å². The molecule has 0 bridgehead atoms. The molecule has 0 saturated heterocycles. The minimum Gasteiger partial charge on any atom is -0.385 e. The summed E-state index contributed by atoms with van der Waals surface area (Å²) in [4.78, 5) is 12.1. The van der Waals surface area contributed by atoms with Gasteiger partial charge in [0.2, 0.25) is 0 Å². The molecule has 2 aliphatic rings. The van der Waals surface area contributed by atoms with Crippen LogP contribution in [0.15, 0.2) is 11.6 Å². The molecule has 0 aromatic carbocycles. The van der Waals surface area contributed by atoms with Crippen LogP contribution in [0.1, 0.15) is 52.9 Å². The Labute approximate surface area is 122 Å². The molecule has 0 amide bonds. The van der Waals surface area contributed by atoms with E-state index in [4.69, 9.17) is 0 Å². The second-order valence-corrected chi connectivity index (χ2v) is 7.45. The molecule has 0 aliphatic heterocycles. The minimum atomic E-state index is -0.714. The molecule has 3 unspecified atom stereocenters. The summed E-state index contributed by atoms with van der Waals surface area (Å²) >= 11 is 0. The van der Waals surface area contributed by atoms with E-state index in [0.717, 1.165) is 32.1 Å². The first-order valence-corrected chi connectivity index (χ1v) is 7.89. The molecule has 0 spiro atoms. The van der Waals surface area contributed by atoms with E-state index < -0.39 is 5.60 Å². The molecule has 0 heterocycles. The van der Waals surface area contributed by atoms with E-state index in [9.17, 15) is 9.90 Å². The molecular weight excluding hydrogens is 250 g/mol. The maximum Gasteiger partial charge on any atom is 0.149 e. The van der Waals surface area contributed by atoms with Crippen molar-refractivity contribution in [3.8, 4) is 0 Å². The van der Waals surface area contributed by atoms with Crippen molar-refractivity contribution in [3.05, 3.63) is 11.6 Å². The summed E-state index contributed by atoms with van der Waals surface area (Å²) in [6, 6.07) is 0.